The van der Waals surface area contributed by atoms with Crippen LogP contribution in [0.3, 0.4) is 0 Å². The number of carbonyl (C=O) groups excluding carboxylic acids is 3. The summed E-state index contributed by atoms with van der Waals surface area (Å²) < 4.78 is 6.36. The van der Waals surface area contributed by atoms with E-state index in [0.29, 0.717) is 22.8 Å². The number of primary amides is 1. The molecule has 0 saturated heterocycles. The molecule has 4 aromatic heterocycles. The van der Waals surface area contributed by atoms with Crippen LogP contribution in [-0.4, -0.2) is 59.0 Å². The monoisotopic (exact) mass is 694 g/mol. The number of hydrogen-bond donors (Lipinski definition) is 2. The Morgan fingerprint density at radius 1 is 0.647 bits per heavy atom. The second-order valence-electron chi connectivity index (χ2n) is 15.5. The van der Waals surface area contributed by atoms with Gasteiger partial charge in [-0.05, 0) is 73.2 Å². The van der Waals surface area contributed by atoms with Crippen LogP contribution in [0.5, 0.6) is 0 Å². The number of hydrazine groups is 1. The van der Waals surface area contributed by atoms with Gasteiger partial charge in [0.25, 0.3) is 0 Å². The van der Waals surface area contributed by atoms with E-state index in [4.69, 9.17) is 16.2 Å². The van der Waals surface area contributed by atoms with E-state index in [1.807, 2.05) is 32.9 Å². The van der Waals surface area contributed by atoms with Gasteiger partial charge in [-0.15, -0.1) is 0 Å². The Balaban J connectivity index is 2.04. The standard InChI is InChI=1S/C39H50N8O4/c1-36(2,3)25-31(48)46(32(27-17-9-13-21-42-27)28-18-10-14-22-43-28)47(33(29-19-11-15-23-44-29)30-20-12-16-24-45-30)35(50)51-38(7,8)26-39(41,34(40)49)37(4,5)6/h9-24,32-33H,25-26,41H2,1-8H3,(H2,40,49)/t39-/m1/s1. The van der Waals surface area contributed by atoms with E-state index in [0.717, 1.165) is 0 Å². The zero-order valence-corrected chi connectivity index (χ0v) is 30.8. The second kappa shape index (κ2) is 15.3. The number of aromatic nitrogens is 4. The van der Waals surface area contributed by atoms with Gasteiger partial charge in [-0.3, -0.25) is 29.5 Å². The van der Waals surface area contributed by atoms with Crippen LogP contribution in [0.1, 0.15) is 103 Å². The Bertz CT molecular complexity index is 1680. The number of nitrogens with zero attached hydrogens (tertiary/aromatic N) is 6. The molecular weight excluding hydrogens is 644 g/mol. The quantitative estimate of drug-likeness (QED) is 0.175. The number of pyridine rings is 4. The van der Waals surface area contributed by atoms with E-state index < -0.39 is 52.0 Å². The minimum Gasteiger partial charge on any atom is -0.442 e. The van der Waals surface area contributed by atoms with Gasteiger partial charge >= 0.3 is 6.09 Å². The van der Waals surface area contributed by atoms with Crippen LogP contribution in [0, 0.1) is 10.8 Å². The SMILES string of the molecule is CC(C)(C)CC(=O)N(C(c1ccccn1)c1ccccn1)N(C(=O)OC(C)(C)C[C@@](N)(C(N)=O)C(C)(C)C)C(c1ccccn1)c1ccccn1. The minimum absolute atomic E-state index is 0.0328. The molecule has 0 aliphatic rings. The summed E-state index contributed by atoms with van der Waals surface area (Å²) in [5.41, 5.74) is 10.1. The fourth-order valence-electron chi connectivity index (χ4n) is 5.91. The van der Waals surface area contributed by atoms with E-state index in [1.165, 1.54) is 10.0 Å². The van der Waals surface area contributed by atoms with Crippen LogP contribution in [0.2, 0.25) is 0 Å². The van der Waals surface area contributed by atoms with Crippen molar-refractivity contribution in [3.8, 4) is 0 Å². The summed E-state index contributed by atoms with van der Waals surface area (Å²) in [6, 6.07) is 19.3. The maximum atomic E-state index is 15.2. The highest BCUT2D eigenvalue weighted by atomic mass is 16.6. The summed E-state index contributed by atoms with van der Waals surface area (Å²) in [6.45, 7) is 14.6. The first-order valence-corrected chi connectivity index (χ1v) is 16.9. The zero-order valence-electron chi connectivity index (χ0n) is 30.8. The van der Waals surface area contributed by atoms with Gasteiger partial charge < -0.3 is 16.2 Å². The Morgan fingerprint density at radius 3 is 1.31 bits per heavy atom. The molecule has 0 aromatic carbocycles. The summed E-state index contributed by atoms with van der Waals surface area (Å²) in [6.07, 6.45) is 5.45. The molecule has 0 unspecified atom stereocenters. The molecule has 12 nitrogen and oxygen atoms in total. The Kier molecular flexibility index (Phi) is 11.6. The summed E-state index contributed by atoms with van der Waals surface area (Å²) in [7, 11) is 0. The molecular formula is C39H50N8O4. The van der Waals surface area contributed by atoms with Crippen LogP contribution in [-0.2, 0) is 14.3 Å². The van der Waals surface area contributed by atoms with Crippen molar-refractivity contribution < 1.29 is 19.1 Å². The molecule has 4 N–H and O–H groups in total. The van der Waals surface area contributed by atoms with Gasteiger partial charge in [-0.25, -0.2) is 9.80 Å². The van der Waals surface area contributed by atoms with Crippen LogP contribution >= 0.6 is 0 Å². The second-order valence-corrected chi connectivity index (χ2v) is 15.5. The third-order valence-electron chi connectivity index (χ3n) is 8.56. The van der Waals surface area contributed by atoms with Gasteiger partial charge in [0.1, 0.15) is 23.2 Å². The topological polar surface area (TPSA) is 171 Å². The van der Waals surface area contributed by atoms with Gasteiger partial charge in [0.2, 0.25) is 11.8 Å². The highest BCUT2D eigenvalue weighted by Gasteiger charge is 2.50. The normalized spacial score (nSPS) is 13.4. The molecule has 51 heavy (non-hydrogen) atoms. The lowest BCUT2D eigenvalue weighted by Gasteiger charge is -2.46. The van der Waals surface area contributed by atoms with Gasteiger partial charge in [0, 0.05) is 37.6 Å². The molecule has 4 rings (SSSR count). The van der Waals surface area contributed by atoms with Gasteiger partial charge in [-0.1, -0.05) is 65.8 Å². The van der Waals surface area contributed by atoms with Crippen molar-refractivity contribution in [1.29, 1.82) is 0 Å². The number of hydrogen-bond acceptors (Lipinski definition) is 9. The van der Waals surface area contributed by atoms with Crippen LogP contribution < -0.4 is 11.5 Å². The molecule has 0 aliphatic carbocycles. The molecule has 270 valence electrons. The van der Waals surface area contributed by atoms with E-state index in [2.05, 4.69) is 19.9 Å². The minimum atomic E-state index is -1.56. The summed E-state index contributed by atoms with van der Waals surface area (Å²) >= 11 is 0. The molecule has 3 amide bonds. The molecule has 4 heterocycles. The van der Waals surface area contributed by atoms with Crippen molar-refractivity contribution in [3.05, 3.63) is 120 Å². The molecule has 0 spiro atoms. The summed E-state index contributed by atoms with van der Waals surface area (Å²) in [4.78, 5) is 61.6. The Hall–Kier alpha value is -5.23. The average molecular weight is 695 g/mol. The Labute approximate surface area is 300 Å². The zero-order chi connectivity index (χ0) is 37.6. The lowest BCUT2D eigenvalue weighted by Crippen LogP contribution is -2.64. The molecule has 4 aromatic rings. The third-order valence-corrected chi connectivity index (χ3v) is 8.56. The van der Waals surface area contributed by atoms with Crippen molar-refractivity contribution in [3.63, 3.8) is 0 Å². The highest BCUT2D eigenvalue weighted by molar-refractivity contribution is 5.85. The predicted molar refractivity (Wildman–Crippen MR) is 194 cm³/mol. The molecule has 0 aliphatic heterocycles. The van der Waals surface area contributed by atoms with Crippen molar-refractivity contribution >= 4 is 17.9 Å². The highest BCUT2D eigenvalue weighted by Crippen LogP contribution is 2.40. The first-order valence-electron chi connectivity index (χ1n) is 16.9. The Morgan fingerprint density at radius 2 is 1.02 bits per heavy atom. The summed E-state index contributed by atoms with van der Waals surface area (Å²) in [5, 5.41) is 2.63. The fourth-order valence-corrected chi connectivity index (χ4v) is 5.91. The summed E-state index contributed by atoms with van der Waals surface area (Å²) in [5.74, 6) is -1.14. The predicted octanol–water partition coefficient (Wildman–Crippen LogP) is 6.16. The fraction of sp³-hybridized carbons (Fsp3) is 0.410. The van der Waals surface area contributed by atoms with E-state index in [9.17, 15) is 9.59 Å². The van der Waals surface area contributed by atoms with Crippen molar-refractivity contribution in [2.45, 2.75) is 91.5 Å². The van der Waals surface area contributed by atoms with Gasteiger partial charge in [-0.2, -0.15) is 5.01 Å². The molecule has 0 bridgehead atoms. The molecule has 0 radical (unpaired) electrons. The average Bonchev–Trinajstić information content (AvgIpc) is 3.06. The van der Waals surface area contributed by atoms with E-state index in [-0.39, 0.29) is 12.8 Å². The van der Waals surface area contributed by atoms with Crippen molar-refractivity contribution in [2.24, 2.45) is 22.3 Å². The first-order chi connectivity index (χ1) is 23.8. The third kappa shape index (κ3) is 9.31. The maximum absolute atomic E-state index is 15.2. The van der Waals surface area contributed by atoms with Crippen molar-refractivity contribution in [1.82, 2.24) is 30.0 Å². The number of nitrogens with two attached hydrogens (primary N) is 2. The lowest BCUT2D eigenvalue weighted by atomic mass is 9.68. The number of carbonyl (C=O) groups is 3. The molecule has 12 heteroatoms. The number of ether oxygens (including phenoxy) is 1. The van der Waals surface area contributed by atoms with Crippen LogP contribution in [0.15, 0.2) is 97.6 Å². The molecule has 1 atom stereocenters. The first kappa shape index (κ1) is 38.6. The lowest BCUT2D eigenvalue weighted by molar-refractivity contribution is -0.159. The van der Waals surface area contributed by atoms with Crippen LogP contribution in [0.25, 0.3) is 0 Å². The van der Waals surface area contributed by atoms with E-state index >= 15 is 4.79 Å². The largest absolute Gasteiger partial charge is 0.442 e. The van der Waals surface area contributed by atoms with Crippen LogP contribution in [0.4, 0.5) is 4.79 Å². The number of amides is 3. The van der Waals surface area contributed by atoms with Gasteiger partial charge in [0.15, 0.2) is 0 Å². The van der Waals surface area contributed by atoms with E-state index in [1.54, 1.807) is 120 Å². The van der Waals surface area contributed by atoms with Crippen molar-refractivity contribution in [2.75, 3.05) is 0 Å². The maximum Gasteiger partial charge on any atom is 0.430 e. The number of rotatable bonds is 11. The van der Waals surface area contributed by atoms with Gasteiger partial charge in [0.05, 0.1) is 22.8 Å². The smallest absolute Gasteiger partial charge is 0.430 e. The molecule has 0 saturated carbocycles. The molecule has 0 fully saturated rings.